The van der Waals surface area contributed by atoms with Crippen molar-refractivity contribution >= 4 is 5.97 Å². The summed E-state index contributed by atoms with van der Waals surface area (Å²) in [4.78, 5) is 15.9. The Labute approximate surface area is 127 Å². The maximum Gasteiger partial charge on any atom is 0.308 e. The molecular weight excluding hydrogens is 266 g/mol. The highest BCUT2D eigenvalue weighted by Crippen LogP contribution is 2.25. The van der Waals surface area contributed by atoms with Crippen molar-refractivity contribution in [3.8, 4) is 0 Å². The molecular formula is C16H27N3O2. The Morgan fingerprint density at radius 3 is 2.81 bits per heavy atom. The molecule has 21 heavy (non-hydrogen) atoms. The van der Waals surface area contributed by atoms with E-state index in [2.05, 4.69) is 21.8 Å². The molecule has 118 valence electrons. The minimum atomic E-state index is -0.0167. The van der Waals surface area contributed by atoms with Gasteiger partial charge >= 0.3 is 5.97 Å². The molecule has 0 amide bonds. The van der Waals surface area contributed by atoms with E-state index in [1.54, 1.807) is 0 Å². The fourth-order valence-corrected chi connectivity index (χ4v) is 2.98. The number of hydrogen-bond acceptors (Lipinski definition) is 4. The third kappa shape index (κ3) is 4.56. The summed E-state index contributed by atoms with van der Waals surface area (Å²) in [6, 6.07) is 0.501. The number of aromatic nitrogens is 2. The molecule has 0 radical (unpaired) electrons. The molecule has 1 aromatic rings. The van der Waals surface area contributed by atoms with Crippen LogP contribution in [0, 0.1) is 5.92 Å². The van der Waals surface area contributed by atoms with Crippen molar-refractivity contribution in [2.45, 2.75) is 65.1 Å². The Hall–Kier alpha value is -1.36. The summed E-state index contributed by atoms with van der Waals surface area (Å²) in [5.41, 5.74) is 1.24. The lowest BCUT2D eigenvalue weighted by Gasteiger charge is -2.28. The number of imidazole rings is 1. The third-order valence-electron chi connectivity index (χ3n) is 4.18. The molecule has 2 rings (SSSR count). The first-order chi connectivity index (χ1) is 10.2. The Bertz CT molecular complexity index is 436. The minimum absolute atomic E-state index is 0.0167. The van der Waals surface area contributed by atoms with Crippen molar-refractivity contribution in [1.82, 2.24) is 14.9 Å². The van der Waals surface area contributed by atoms with Crippen LogP contribution in [-0.4, -0.2) is 28.2 Å². The average Bonchev–Trinajstić information content (AvgIpc) is 2.94. The summed E-state index contributed by atoms with van der Waals surface area (Å²) < 4.78 is 7.31. The lowest BCUT2D eigenvalue weighted by molar-refractivity contribution is -0.149. The molecule has 1 saturated carbocycles. The van der Waals surface area contributed by atoms with Gasteiger partial charge in [-0.3, -0.25) is 4.79 Å². The number of carbonyl (C=O) groups excluding carboxylic acids is 1. The molecule has 1 fully saturated rings. The Kier molecular flexibility index (Phi) is 6.23. The second-order valence-corrected chi connectivity index (χ2v) is 5.76. The lowest BCUT2D eigenvalue weighted by Crippen LogP contribution is -2.35. The van der Waals surface area contributed by atoms with E-state index in [1.807, 2.05) is 19.4 Å². The highest BCUT2D eigenvalue weighted by Gasteiger charge is 2.26. The minimum Gasteiger partial charge on any atom is -0.466 e. The smallest absolute Gasteiger partial charge is 0.308 e. The van der Waals surface area contributed by atoms with Crippen LogP contribution in [-0.2, 0) is 22.6 Å². The number of nitrogens with zero attached hydrogens (tertiary/aromatic N) is 2. The Morgan fingerprint density at radius 2 is 2.14 bits per heavy atom. The first-order valence-corrected chi connectivity index (χ1v) is 8.13. The van der Waals surface area contributed by atoms with Gasteiger partial charge in [0.25, 0.3) is 0 Å². The number of nitrogens with one attached hydrogen (secondary N) is 1. The van der Waals surface area contributed by atoms with Gasteiger partial charge in [0.15, 0.2) is 0 Å². The zero-order valence-corrected chi connectivity index (χ0v) is 13.2. The Morgan fingerprint density at radius 1 is 1.38 bits per heavy atom. The van der Waals surface area contributed by atoms with Crippen LogP contribution in [0.25, 0.3) is 0 Å². The summed E-state index contributed by atoms with van der Waals surface area (Å²) in [6.45, 7) is 6.40. The SMILES string of the molecule is CCCn1cncc1CNC1CCC(C(=O)OCC)CC1. The van der Waals surface area contributed by atoms with Gasteiger partial charge in [-0.2, -0.15) is 0 Å². The van der Waals surface area contributed by atoms with E-state index in [4.69, 9.17) is 4.74 Å². The highest BCUT2D eigenvalue weighted by atomic mass is 16.5. The van der Waals surface area contributed by atoms with E-state index in [9.17, 15) is 4.79 Å². The molecule has 5 heteroatoms. The van der Waals surface area contributed by atoms with Crippen LogP contribution in [0.4, 0.5) is 0 Å². The van der Waals surface area contributed by atoms with Crippen molar-refractivity contribution in [2.24, 2.45) is 5.92 Å². The van der Waals surface area contributed by atoms with Gasteiger partial charge in [-0.1, -0.05) is 6.92 Å². The van der Waals surface area contributed by atoms with Crippen LogP contribution in [0.15, 0.2) is 12.5 Å². The van der Waals surface area contributed by atoms with Gasteiger partial charge in [-0.05, 0) is 39.0 Å². The number of ether oxygens (including phenoxy) is 1. The van der Waals surface area contributed by atoms with Gasteiger partial charge in [0.2, 0.25) is 0 Å². The van der Waals surface area contributed by atoms with Gasteiger partial charge in [0.05, 0.1) is 24.5 Å². The molecule has 0 atom stereocenters. The van der Waals surface area contributed by atoms with Crippen LogP contribution in [0.1, 0.15) is 51.6 Å². The standard InChI is InChI=1S/C16H27N3O2/c1-3-9-19-12-17-10-15(19)11-18-14-7-5-13(6-8-14)16(20)21-4-2/h10,12-14,18H,3-9,11H2,1-2H3. The molecule has 1 N–H and O–H groups in total. The van der Waals surface area contributed by atoms with Gasteiger partial charge in [0.1, 0.15) is 0 Å². The molecule has 0 saturated heterocycles. The predicted molar refractivity (Wildman–Crippen MR) is 81.7 cm³/mol. The topological polar surface area (TPSA) is 56.2 Å². The highest BCUT2D eigenvalue weighted by molar-refractivity contribution is 5.72. The van der Waals surface area contributed by atoms with Crippen LogP contribution in [0.5, 0.6) is 0 Å². The molecule has 0 spiro atoms. The van der Waals surface area contributed by atoms with Crippen LogP contribution in [0.2, 0.25) is 0 Å². The van der Waals surface area contributed by atoms with Crippen LogP contribution >= 0.6 is 0 Å². The fourth-order valence-electron chi connectivity index (χ4n) is 2.98. The largest absolute Gasteiger partial charge is 0.466 e. The van der Waals surface area contributed by atoms with E-state index in [-0.39, 0.29) is 11.9 Å². The molecule has 1 aliphatic rings. The van der Waals surface area contributed by atoms with E-state index >= 15 is 0 Å². The number of carbonyl (C=O) groups is 1. The van der Waals surface area contributed by atoms with Gasteiger partial charge in [-0.25, -0.2) is 4.98 Å². The number of esters is 1. The van der Waals surface area contributed by atoms with Crippen LogP contribution < -0.4 is 5.32 Å². The second kappa shape index (κ2) is 8.17. The molecule has 0 aromatic carbocycles. The van der Waals surface area contributed by atoms with Gasteiger partial charge in [0, 0.05) is 25.3 Å². The molecule has 1 aliphatic carbocycles. The summed E-state index contributed by atoms with van der Waals surface area (Å²) in [7, 11) is 0. The van der Waals surface area contributed by atoms with Crippen molar-refractivity contribution in [2.75, 3.05) is 6.61 Å². The first kappa shape index (κ1) is 16.0. The van der Waals surface area contributed by atoms with Gasteiger partial charge < -0.3 is 14.6 Å². The quantitative estimate of drug-likeness (QED) is 0.785. The lowest BCUT2D eigenvalue weighted by atomic mass is 9.86. The molecule has 1 aromatic heterocycles. The summed E-state index contributed by atoms with van der Waals surface area (Å²) in [5.74, 6) is 0.0885. The molecule has 0 aliphatic heterocycles. The first-order valence-electron chi connectivity index (χ1n) is 8.13. The summed E-state index contributed by atoms with van der Waals surface area (Å²) in [6.07, 6.45) is 8.92. The maximum absolute atomic E-state index is 11.7. The average molecular weight is 293 g/mol. The molecule has 0 bridgehead atoms. The zero-order valence-electron chi connectivity index (χ0n) is 13.2. The van der Waals surface area contributed by atoms with E-state index in [1.165, 1.54) is 5.69 Å². The van der Waals surface area contributed by atoms with E-state index in [0.29, 0.717) is 12.6 Å². The molecule has 1 heterocycles. The Balaban J connectivity index is 1.73. The maximum atomic E-state index is 11.7. The number of aryl methyl sites for hydroxylation is 1. The monoisotopic (exact) mass is 293 g/mol. The van der Waals surface area contributed by atoms with Crippen molar-refractivity contribution in [3.63, 3.8) is 0 Å². The van der Waals surface area contributed by atoms with Crippen molar-refractivity contribution in [3.05, 3.63) is 18.2 Å². The fraction of sp³-hybridized carbons (Fsp3) is 0.750. The number of rotatable bonds is 7. The second-order valence-electron chi connectivity index (χ2n) is 5.76. The zero-order chi connectivity index (χ0) is 15.1. The third-order valence-corrected chi connectivity index (χ3v) is 4.18. The summed E-state index contributed by atoms with van der Waals surface area (Å²) in [5, 5.41) is 3.60. The number of hydrogen-bond donors (Lipinski definition) is 1. The van der Waals surface area contributed by atoms with Crippen LogP contribution in [0.3, 0.4) is 0 Å². The van der Waals surface area contributed by atoms with E-state index < -0.39 is 0 Å². The van der Waals surface area contributed by atoms with E-state index in [0.717, 1.165) is 45.2 Å². The van der Waals surface area contributed by atoms with Gasteiger partial charge in [-0.15, -0.1) is 0 Å². The predicted octanol–water partition coefficient (Wildman–Crippen LogP) is 2.50. The van der Waals surface area contributed by atoms with Crippen molar-refractivity contribution < 1.29 is 9.53 Å². The van der Waals surface area contributed by atoms with Crippen molar-refractivity contribution in [1.29, 1.82) is 0 Å². The molecule has 5 nitrogen and oxygen atoms in total. The summed E-state index contributed by atoms with van der Waals surface area (Å²) >= 11 is 0. The molecule has 0 unspecified atom stereocenters. The normalized spacial score (nSPS) is 22.2.